The number of esters is 1. The zero-order chi connectivity index (χ0) is 20.8. The summed E-state index contributed by atoms with van der Waals surface area (Å²) in [7, 11) is 4.59. The number of methoxy groups -OCH3 is 3. The standard InChI is InChI=1S/C21H21NO6S/c1-25-15-10-17(27-3)16(26-2)8-14(15)11-22-20(23)12-28-21(24)19-9-13-6-4-5-7-18(13)29-19/h4-10H,11-12H2,1-3H3,(H,22,23). The average Bonchev–Trinajstić information content (AvgIpc) is 3.19. The zero-order valence-corrected chi connectivity index (χ0v) is 17.1. The molecule has 0 aliphatic rings. The fraction of sp³-hybridized carbons (Fsp3) is 0.238. The van der Waals surface area contributed by atoms with Crippen molar-refractivity contribution in [2.24, 2.45) is 0 Å². The van der Waals surface area contributed by atoms with Gasteiger partial charge in [0.15, 0.2) is 18.1 Å². The molecule has 29 heavy (non-hydrogen) atoms. The Bertz CT molecular complexity index is 996. The van der Waals surface area contributed by atoms with E-state index in [1.54, 1.807) is 18.2 Å². The van der Waals surface area contributed by atoms with Crippen LogP contribution in [0.25, 0.3) is 10.1 Å². The highest BCUT2D eigenvalue weighted by molar-refractivity contribution is 7.20. The zero-order valence-electron chi connectivity index (χ0n) is 16.3. The summed E-state index contributed by atoms with van der Waals surface area (Å²) in [4.78, 5) is 24.8. The lowest BCUT2D eigenvalue weighted by Gasteiger charge is -2.14. The molecule has 0 aliphatic heterocycles. The summed E-state index contributed by atoms with van der Waals surface area (Å²) in [6.45, 7) is -0.189. The van der Waals surface area contributed by atoms with Gasteiger partial charge in [0.1, 0.15) is 10.6 Å². The van der Waals surface area contributed by atoms with Crippen LogP contribution in [0.5, 0.6) is 17.2 Å². The molecule has 1 heterocycles. The number of thiophene rings is 1. The van der Waals surface area contributed by atoms with Gasteiger partial charge in [0.05, 0.1) is 21.3 Å². The summed E-state index contributed by atoms with van der Waals surface area (Å²) in [5.74, 6) is 0.650. The van der Waals surface area contributed by atoms with Crippen LogP contribution in [0, 0.1) is 0 Å². The summed E-state index contributed by atoms with van der Waals surface area (Å²) >= 11 is 1.33. The van der Waals surface area contributed by atoms with Gasteiger partial charge < -0.3 is 24.3 Å². The van der Waals surface area contributed by atoms with Crippen LogP contribution in [0.1, 0.15) is 15.2 Å². The Labute approximate surface area is 172 Å². The van der Waals surface area contributed by atoms with Crippen molar-refractivity contribution in [3.05, 3.63) is 52.9 Å². The van der Waals surface area contributed by atoms with Crippen molar-refractivity contribution in [2.45, 2.75) is 6.54 Å². The number of carbonyl (C=O) groups is 2. The van der Waals surface area contributed by atoms with Crippen LogP contribution in [0.2, 0.25) is 0 Å². The number of hydrogen-bond acceptors (Lipinski definition) is 7. The molecule has 0 saturated heterocycles. The van der Waals surface area contributed by atoms with Crippen molar-refractivity contribution in [1.29, 1.82) is 0 Å². The van der Waals surface area contributed by atoms with Crippen LogP contribution < -0.4 is 19.5 Å². The fourth-order valence-corrected chi connectivity index (χ4v) is 3.72. The van der Waals surface area contributed by atoms with E-state index < -0.39 is 11.9 Å². The van der Waals surface area contributed by atoms with Crippen LogP contribution in [-0.2, 0) is 16.1 Å². The Morgan fingerprint density at radius 2 is 1.62 bits per heavy atom. The van der Waals surface area contributed by atoms with Crippen LogP contribution in [0.15, 0.2) is 42.5 Å². The normalized spacial score (nSPS) is 10.4. The van der Waals surface area contributed by atoms with Gasteiger partial charge in [-0.15, -0.1) is 11.3 Å². The second-order valence-corrected chi connectivity index (χ2v) is 7.10. The van der Waals surface area contributed by atoms with Gasteiger partial charge in [0, 0.05) is 22.9 Å². The highest BCUT2D eigenvalue weighted by atomic mass is 32.1. The summed E-state index contributed by atoms with van der Waals surface area (Å²) in [6, 6.07) is 12.8. The molecule has 1 N–H and O–H groups in total. The fourth-order valence-electron chi connectivity index (χ4n) is 2.76. The average molecular weight is 415 g/mol. The van der Waals surface area contributed by atoms with E-state index in [2.05, 4.69) is 5.32 Å². The SMILES string of the molecule is COc1cc(OC)c(OC)cc1CNC(=O)COC(=O)c1cc2ccccc2s1. The highest BCUT2D eigenvalue weighted by Gasteiger charge is 2.15. The molecule has 0 radical (unpaired) electrons. The molecule has 1 amide bonds. The Balaban J connectivity index is 1.57. The maximum atomic E-state index is 12.2. The number of hydrogen-bond donors (Lipinski definition) is 1. The van der Waals surface area contributed by atoms with Gasteiger partial charge in [-0.05, 0) is 23.6 Å². The van der Waals surface area contributed by atoms with Gasteiger partial charge in [0.2, 0.25) is 0 Å². The molecule has 152 valence electrons. The molecule has 1 aromatic heterocycles. The minimum absolute atomic E-state index is 0.183. The first-order valence-electron chi connectivity index (χ1n) is 8.77. The monoisotopic (exact) mass is 415 g/mol. The maximum Gasteiger partial charge on any atom is 0.348 e. The predicted molar refractivity (Wildman–Crippen MR) is 110 cm³/mol. The molecule has 0 aliphatic carbocycles. The predicted octanol–water partition coefficient (Wildman–Crippen LogP) is 3.40. The lowest BCUT2D eigenvalue weighted by Crippen LogP contribution is -2.28. The van der Waals surface area contributed by atoms with Crippen LogP contribution >= 0.6 is 11.3 Å². The molecule has 3 rings (SSSR count). The van der Waals surface area contributed by atoms with Gasteiger partial charge in [-0.25, -0.2) is 4.79 Å². The lowest BCUT2D eigenvalue weighted by molar-refractivity contribution is -0.124. The third kappa shape index (κ3) is 4.78. The summed E-state index contributed by atoms with van der Waals surface area (Å²) in [6.07, 6.45) is 0. The van der Waals surface area contributed by atoms with Gasteiger partial charge in [0.25, 0.3) is 5.91 Å². The summed E-state index contributed by atoms with van der Waals surface area (Å²) in [5, 5.41) is 3.67. The van der Waals surface area contributed by atoms with Crippen molar-refractivity contribution in [2.75, 3.05) is 27.9 Å². The summed E-state index contributed by atoms with van der Waals surface area (Å²) in [5.41, 5.74) is 0.703. The van der Waals surface area contributed by atoms with E-state index in [-0.39, 0.29) is 13.2 Å². The Hall–Kier alpha value is -3.26. The number of rotatable bonds is 8. The summed E-state index contributed by atoms with van der Waals surface area (Å²) < 4.78 is 22.0. The number of fused-ring (bicyclic) bond motifs is 1. The Morgan fingerprint density at radius 1 is 0.931 bits per heavy atom. The number of amides is 1. The molecule has 0 fully saturated rings. The minimum Gasteiger partial charge on any atom is -0.496 e. The van der Waals surface area contributed by atoms with E-state index in [1.165, 1.54) is 32.7 Å². The molecule has 0 unspecified atom stereocenters. The molecule has 0 bridgehead atoms. The molecule has 2 aromatic carbocycles. The first-order chi connectivity index (χ1) is 14.0. The van der Waals surface area contributed by atoms with Crippen LogP contribution in [0.3, 0.4) is 0 Å². The van der Waals surface area contributed by atoms with Crippen molar-refractivity contribution < 1.29 is 28.5 Å². The molecule has 3 aromatic rings. The van der Waals surface area contributed by atoms with Crippen LogP contribution in [-0.4, -0.2) is 39.8 Å². The van der Waals surface area contributed by atoms with Gasteiger partial charge in [-0.2, -0.15) is 0 Å². The first kappa shape index (κ1) is 20.5. The van der Waals surface area contributed by atoms with E-state index in [1.807, 2.05) is 24.3 Å². The smallest absolute Gasteiger partial charge is 0.348 e. The minimum atomic E-state index is -0.523. The third-order valence-electron chi connectivity index (χ3n) is 4.22. The second kappa shape index (κ2) is 9.29. The van der Waals surface area contributed by atoms with E-state index in [0.717, 1.165) is 10.1 Å². The molecular formula is C21H21NO6S. The highest BCUT2D eigenvalue weighted by Crippen LogP contribution is 2.34. The molecule has 0 spiro atoms. The largest absolute Gasteiger partial charge is 0.496 e. The number of nitrogens with one attached hydrogen (secondary N) is 1. The third-order valence-corrected chi connectivity index (χ3v) is 5.32. The first-order valence-corrected chi connectivity index (χ1v) is 9.58. The number of ether oxygens (including phenoxy) is 4. The Kier molecular flexibility index (Phi) is 6.56. The second-order valence-electron chi connectivity index (χ2n) is 6.02. The van der Waals surface area contributed by atoms with Crippen molar-refractivity contribution in [3.8, 4) is 17.2 Å². The maximum absolute atomic E-state index is 12.2. The Morgan fingerprint density at radius 3 is 2.31 bits per heavy atom. The van der Waals surface area contributed by atoms with E-state index >= 15 is 0 Å². The molecule has 0 saturated carbocycles. The van der Waals surface area contributed by atoms with Gasteiger partial charge in [-0.1, -0.05) is 18.2 Å². The van der Waals surface area contributed by atoms with Gasteiger partial charge in [-0.3, -0.25) is 4.79 Å². The van der Waals surface area contributed by atoms with E-state index in [9.17, 15) is 9.59 Å². The van der Waals surface area contributed by atoms with Crippen LogP contribution in [0.4, 0.5) is 0 Å². The number of carbonyl (C=O) groups excluding carboxylic acids is 2. The molecule has 8 heteroatoms. The van der Waals surface area contributed by atoms with Gasteiger partial charge >= 0.3 is 5.97 Å². The lowest BCUT2D eigenvalue weighted by atomic mass is 10.1. The van der Waals surface area contributed by atoms with Crippen molar-refractivity contribution >= 4 is 33.3 Å². The van der Waals surface area contributed by atoms with Crippen molar-refractivity contribution in [3.63, 3.8) is 0 Å². The molecular weight excluding hydrogens is 394 g/mol. The molecule has 7 nitrogen and oxygen atoms in total. The quantitative estimate of drug-likeness (QED) is 0.568. The number of benzene rings is 2. The molecule has 0 atom stereocenters. The topological polar surface area (TPSA) is 83.1 Å². The van der Waals surface area contributed by atoms with E-state index in [4.69, 9.17) is 18.9 Å². The van der Waals surface area contributed by atoms with Crippen molar-refractivity contribution in [1.82, 2.24) is 5.32 Å². The van der Waals surface area contributed by atoms with E-state index in [0.29, 0.717) is 27.7 Å².